The Morgan fingerprint density at radius 3 is 2.23 bits per heavy atom. The Morgan fingerprint density at radius 1 is 0.831 bits per heavy atom. The molecule has 342 valence electrons. The minimum atomic E-state index is -0.629. The van der Waals surface area contributed by atoms with Crippen LogP contribution in [0.25, 0.3) is 0 Å². The summed E-state index contributed by atoms with van der Waals surface area (Å²) in [5.74, 6) is 0.290. The number of amides is 4. The summed E-state index contributed by atoms with van der Waals surface area (Å²) in [5, 5.41) is 5.79. The Morgan fingerprint density at radius 2 is 1.54 bits per heavy atom. The summed E-state index contributed by atoms with van der Waals surface area (Å²) in [7, 11) is 0. The predicted octanol–water partition coefficient (Wildman–Crippen LogP) is 4.72. The van der Waals surface area contributed by atoms with Crippen molar-refractivity contribution in [3.8, 4) is 5.88 Å². The maximum absolute atomic E-state index is 13.5. The van der Waals surface area contributed by atoms with Crippen molar-refractivity contribution in [2.75, 3.05) is 105 Å². The molecule has 1 unspecified atom stereocenters. The molecule has 4 aromatic rings. The average molecular weight is 886 g/mol. The molecule has 65 heavy (non-hydrogen) atoms. The number of nitrogens with zero attached hydrogens (tertiary/aromatic N) is 9. The number of anilines is 5. The van der Waals surface area contributed by atoms with E-state index < -0.39 is 11.7 Å². The van der Waals surface area contributed by atoms with Gasteiger partial charge in [-0.25, -0.2) is 19.7 Å². The van der Waals surface area contributed by atoms with E-state index in [-0.39, 0.29) is 23.6 Å². The van der Waals surface area contributed by atoms with Gasteiger partial charge in [-0.1, -0.05) is 12.1 Å². The lowest BCUT2D eigenvalue weighted by atomic mass is 9.90. The molecule has 4 amide bonds. The average Bonchev–Trinajstić information content (AvgIpc) is 3.30. The third-order valence-corrected chi connectivity index (χ3v) is 13.0. The SMILES string of the molecule is Cc1c(N2CCc3cnc(Nc4ccc(C(=O)N5CCN(CCN6CCN(c7ccc(C8CCC(=O)NC8=O)cc7)CC6)CC5)cc4)nc3C2)cnc2c1N(C(=O)OC(C)(C)C)CCO2. The molecule has 0 aliphatic carbocycles. The Balaban J connectivity index is 0.727. The standard InChI is InChI=1S/C48H59N11O6/c1-32-40(30-49-44-42(32)59(27-28-64-44)47(63)65-48(2,3)4)58-16-15-35-29-50-46(52-39(35)31-58)51-36-9-5-34(6-10-36)45(62)57-25-21-55(22-26-57)18-17-54-19-23-56(24-20-54)37-11-7-33(8-12-37)38-13-14-41(60)53-43(38)61/h5-12,29-30,38H,13-28,31H2,1-4H3,(H,50,51,52)(H,53,60,61). The second kappa shape index (κ2) is 18.6. The Kier molecular flexibility index (Phi) is 12.6. The monoisotopic (exact) mass is 885 g/mol. The highest BCUT2D eigenvalue weighted by Crippen LogP contribution is 2.40. The number of carbonyl (C=O) groups is 4. The van der Waals surface area contributed by atoms with Gasteiger partial charge in [0.25, 0.3) is 5.91 Å². The second-order valence-corrected chi connectivity index (χ2v) is 18.5. The Hall–Kier alpha value is -6.33. The highest BCUT2D eigenvalue weighted by molar-refractivity contribution is 6.01. The number of fused-ring (bicyclic) bond motifs is 2. The van der Waals surface area contributed by atoms with E-state index in [9.17, 15) is 19.2 Å². The number of pyridine rings is 1. The quantitative estimate of drug-likeness (QED) is 0.222. The molecule has 5 aliphatic heterocycles. The first-order valence-electron chi connectivity index (χ1n) is 22.9. The zero-order valence-corrected chi connectivity index (χ0v) is 37.8. The van der Waals surface area contributed by atoms with E-state index >= 15 is 0 Å². The van der Waals surface area contributed by atoms with Crippen molar-refractivity contribution in [2.45, 2.75) is 65.0 Å². The molecule has 2 aromatic heterocycles. The molecular weight excluding hydrogens is 827 g/mol. The minimum Gasteiger partial charge on any atom is -0.474 e. The maximum Gasteiger partial charge on any atom is 0.415 e. The molecule has 17 heteroatoms. The highest BCUT2D eigenvalue weighted by atomic mass is 16.6. The number of rotatable bonds is 9. The zero-order chi connectivity index (χ0) is 45.2. The number of ether oxygens (including phenoxy) is 2. The topological polar surface area (TPSA) is 169 Å². The van der Waals surface area contributed by atoms with Gasteiger partial charge in [0.15, 0.2) is 0 Å². The number of nitrogens with one attached hydrogen (secondary N) is 2. The summed E-state index contributed by atoms with van der Waals surface area (Å²) < 4.78 is 11.6. The first-order chi connectivity index (χ1) is 31.3. The lowest BCUT2D eigenvalue weighted by molar-refractivity contribution is -0.134. The summed E-state index contributed by atoms with van der Waals surface area (Å²) in [5.41, 5.74) is 7.37. The lowest BCUT2D eigenvalue weighted by Crippen LogP contribution is -2.52. The van der Waals surface area contributed by atoms with Gasteiger partial charge in [0, 0.05) is 107 Å². The number of aromatic nitrogens is 3. The van der Waals surface area contributed by atoms with Crippen LogP contribution in [-0.4, -0.2) is 144 Å². The molecule has 7 heterocycles. The van der Waals surface area contributed by atoms with Gasteiger partial charge in [0.1, 0.15) is 17.9 Å². The number of piperazine rings is 2. The van der Waals surface area contributed by atoms with Crippen LogP contribution in [0, 0.1) is 6.92 Å². The number of hydrogen-bond donors (Lipinski definition) is 2. The molecule has 0 radical (unpaired) electrons. The van der Waals surface area contributed by atoms with Gasteiger partial charge in [-0.2, -0.15) is 0 Å². The molecule has 3 saturated heterocycles. The van der Waals surface area contributed by atoms with E-state index in [1.165, 1.54) is 0 Å². The largest absolute Gasteiger partial charge is 0.474 e. The van der Waals surface area contributed by atoms with Crippen LogP contribution >= 0.6 is 0 Å². The van der Waals surface area contributed by atoms with Crippen molar-refractivity contribution >= 4 is 52.5 Å². The zero-order valence-electron chi connectivity index (χ0n) is 37.8. The molecule has 0 bridgehead atoms. The van der Waals surface area contributed by atoms with Crippen LogP contribution in [0.1, 0.15) is 72.3 Å². The van der Waals surface area contributed by atoms with Gasteiger partial charge in [0.2, 0.25) is 23.6 Å². The van der Waals surface area contributed by atoms with Crippen molar-refractivity contribution in [1.82, 2.24) is 35.0 Å². The normalized spacial score (nSPS) is 19.5. The smallest absolute Gasteiger partial charge is 0.415 e. The molecule has 1 atom stereocenters. The minimum absolute atomic E-state index is 0.0373. The first-order valence-corrected chi connectivity index (χ1v) is 22.9. The van der Waals surface area contributed by atoms with Crippen molar-refractivity contribution in [2.24, 2.45) is 0 Å². The van der Waals surface area contributed by atoms with Gasteiger partial charge in [-0.3, -0.25) is 34.4 Å². The Labute approximate surface area is 380 Å². The van der Waals surface area contributed by atoms with E-state index in [2.05, 4.69) is 52.3 Å². The van der Waals surface area contributed by atoms with Crippen LogP contribution in [0.2, 0.25) is 0 Å². The molecule has 17 nitrogen and oxygen atoms in total. The van der Waals surface area contributed by atoms with Crippen LogP contribution in [0.3, 0.4) is 0 Å². The third-order valence-electron chi connectivity index (χ3n) is 13.0. The molecule has 5 aliphatic rings. The molecule has 0 spiro atoms. The maximum atomic E-state index is 13.5. The predicted molar refractivity (Wildman–Crippen MR) is 247 cm³/mol. The van der Waals surface area contributed by atoms with Gasteiger partial charge >= 0.3 is 6.09 Å². The second-order valence-electron chi connectivity index (χ2n) is 18.5. The number of carbonyl (C=O) groups excluding carboxylic acids is 4. The summed E-state index contributed by atoms with van der Waals surface area (Å²) >= 11 is 0. The molecular formula is C48H59N11O6. The van der Waals surface area contributed by atoms with E-state index in [1.807, 2.05) is 81.4 Å². The van der Waals surface area contributed by atoms with E-state index in [4.69, 9.17) is 14.5 Å². The number of hydrogen-bond acceptors (Lipinski definition) is 14. The van der Waals surface area contributed by atoms with Crippen molar-refractivity contribution in [3.63, 3.8) is 0 Å². The van der Waals surface area contributed by atoms with Crippen LogP contribution in [0.5, 0.6) is 5.88 Å². The van der Waals surface area contributed by atoms with Crippen molar-refractivity contribution in [1.29, 1.82) is 0 Å². The molecule has 0 saturated carbocycles. The summed E-state index contributed by atoms with van der Waals surface area (Å²) in [4.78, 5) is 77.9. The van der Waals surface area contributed by atoms with Crippen LogP contribution in [0.15, 0.2) is 60.9 Å². The van der Waals surface area contributed by atoms with E-state index in [1.54, 1.807) is 4.90 Å². The van der Waals surface area contributed by atoms with Crippen molar-refractivity contribution in [3.05, 3.63) is 88.9 Å². The van der Waals surface area contributed by atoms with Crippen LogP contribution in [0.4, 0.5) is 33.5 Å². The summed E-state index contributed by atoms with van der Waals surface area (Å²) in [6.45, 7) is 18.5. The number of imide groups is 1. The lowest BCUT2D eigenvalue weighted by Gasteiger charge is -2.39. The molecule has 2 N–H and O–H groups in total. The fourth-order valence-electron chi connectivity index (χ4n) is 9.34. The number of benzene rings is 2. The van der Waals surface area contributed by atoms with Gasteiger partial charge < -0.3 is 29.5 Å². The Bertz CT molecular complexity index is 2410. The van der Waals surface area contributed by atoms with E-state index in [0.29, 0.717) is 68.7 Å². The van der Waals surface area contributed by atoms with Gasteiger partial charge in [0.05, 0.1) is 36.6 Å². The molecule has 3 fully saturated rings. The fourth-order valence-corrected chi connectivity index (χ4v) is 9.34. The van der Waals surface area contributed by atoms with E-state index in [0.717, 1.165) is 105 Å². The fraction of sp³-hybridized carbons (Fsp3) is 0.479. The molecule has 9 rings (SSSR count). The van der Waals surface area contributed by atoms with Crippen LogP contribution in [-0.2, 0) is 27.3 Å². The third kappa shape index (κ3) is 10.0. The highest BCUT2D eigenvalue weighted by Gasteiger charge is 2.33. The van der Waals surface area contributed by atoms with Crippen LogP contribution < -0.4 is 30.1 Å². The summed E-state index contributed by atoms with van der Waals surface area (Å²) in [6.07, 6.45) is 4.97. The van der Waals surface area contributed by atoms with Crippen molar-refractivity contribution < 1.29 is 28.7 Å². The molecule has 2 aromatic carbocycles. The van der Waals surface area contributed by atoms with Gasteiger partial charge in [-0.15, -0.1) is 0 Å². The summed E-state index contributed by atoms with van der Waals surface area (Å²) in [6, 6.07) is 15.8. The number of piperidine rings is 1. The van der Waals surface area contributed by atoms with Gasteiger partial charge in [-0.05, 0) is 88.1 Å². The first kappa shape index (κ1) is 43.9.